The van der Waals surface area contributed by atoms with E-state index in [1.54, 1.807) is 0 Å². The topological polar surface area (TPSA) is 63.2 Å². The summed E-state index contributed by atoms with van der Waals surface area (Å²) in [6.45, 7) is 27.4. The Labute approximate surface area is 254 Å². The second-order valence-corrected chi connectivity index (χ2v) is 25.1. The lowest BCUT2D eigenvalue weighted by molar-refractivity contribution is 0.574. The molecule has 4 aromatic rings. The molecule has 42 heavy (non-hydrogen) atoms. The predicted octanol–water partition coefficient (Wildman–Crippen LogP) is 8.34. The molecule has 5 heterocycles. The van der Waals surface area contributed by atoms with Crippen LogP contribution in [0.4, 0.5) is 0 Å². The van der Waals surface area contributed by atoms with Crippen molar-refractivity contribution in [2.45, 2.75) is 102 Å². The zero-order valence-electron chi connectivity index (χ0n) is 27.6. The fraction of sp³-hybridized carbons (Fsp3) is 0.444. The number of nitrogens with one attached hydrogen (secondary N) is 4. The van der Waals surface area contributed by atoms with Crippen molar-refractivity contribution in [3.05, 3.63) is 94.1 Å². The van der Waals surface area contributed by atoms with Gasteiger partial charge in [-0.1, -0.05) is 51.1 Å². The summed E-state index contributed by atoms with van der Waals surface area (Å²) in [4.78, 5) is 15.4. The van der Waals surface area contributed by atoms with Crippen molar-refractivity contribution in [2.24, 2.45) is 0 Å². The molecule has 0 radical (unpaired) electrons. The SMILES string of the molecule is CC1(C)c2ccc([nH]2)C(C)(C#C[Si](C)(C)C)c2ccc([nH]2)C(C)(C)c2ccc([nH]2)C(C)(C#C[Si](C)(C)C)c2ccc1[nH]2. The van der Waals surface area contributed by atoms with Crippen LogP contribution in [0.15, 0.2) is 48.5 Å². The smallest absolute Gasteiger partial charge is 0.129 e. The molecule has 0 amide bonds. The molecule has 6 heteroatoms. The summed E-state index contributed by atoms with van der Waals surface area (Å²) in [6.07, 6.45) is 0. The van der Waals surface area contributed by atoms with Gasteiger partial charge in [0.15, 0.2) is 0 Å². The Morgan fingerprint density at radius 3 is 0.833 bits per heavy atom. The van der Waals surface area contributed by atoms with E-state index in [0.29, 0.717) is 0 Å². The lowest BCUT2D eigenvalue weighted by Gasteiger charge is -2.28. The molecule has 0 aromatic carbocycles. The van der Waals surface area contributed by atoms with Gasteiger partial charge in [-0.25, -0.2) is 0 Å². The molecule has 8 bridgehead atoms. The molecule has 1 aliphatic rings. The van der Waals surface area contributed by atoms with Crippen molar-refractivity contribution >= 4 is 16.1 Å². The summed E-state index contributed by atoms with van der Waals surface area (Å²) >= 11 is 0. The van der Waals surface area contributed by atoms with Gasteiger partial charge in [0.1, 0.15) is 27.0 Å². The lowest BCUT2D eigenvalue weighted by atomic mass is 9.84. The first-order valence-corrected chi connectivity index (χ1v) is 22.1. The normalized spacial score (nSPS) is 23.0. The van der Waals surface area contributed by atoms with Gasteiger partial charge in [0.25, 0.3) is 0 Å². The fourth-order valence-electron chi connectivity index (χ4n) is 5.68. The van der Waals surface area contributed by atoms with E-state index < -0.39 is 27.0 Å². The van der Waals surface area contributed by atoms with E-state index >= 15 is 0 Å². The Hall–Kier alpha value is -3.33. The first-order chi connectivity index (χ1) is 19.3. The quantitative estimate of drug-likeness (QED) is 0.117. The zero-order valence-corrected chi connectivity index (χ0v) is 29.6. The fourth-order valence-corrected chi connectivity index (χ4v) is 6.93. The highest BCUT2D eigenvalue weighted by atomic mass is 28.3. The maximum atomic E-state index is 3.84. The van der Waals surface area contributed by atoms with E-state index in [-0.39, 0.29) is 10.8 Å². The number of hydrogen-bond donors (Lipinski definition) is 4. The van der Waals surface area contributed by atoms with Crippen molar-refractivity contribution in [3.63, 3.8) is 0 Å². The van der Waals surface area contributed by atoms with E-state index in [4.69, 9.17) is 0 Å². The molecule has 4 N–H and O–H groups in total. The minimum absolute atomic E-state index is 0.280. The Morgan fingerprint density at radius 1 is 0.405 bits per heavy atom. The average Bonchev–Trinajstić information content (AvgIpc) is 3.69. The Bertz CT molecular complexity index is 1530. The van der Waals surface area contributed by atoms with E-state index in [1.165, 1.54) is 0 Å². The summed E-state index contributed by atoms with van der Waals surface area (Å²) in [7, 11) is -3.24. The largest absolute Gasteiger partial charge is 0.360 e. The molecule has 0 saturated carbocycles. The summed E-state index contributed by atoms with van der Waals surface area (Å²) in [5, 5.41) is 0. The van der Waals surface area contributed by atoms with Gasteiger partial charge in [-0.3, -0.25) is 0 Å². The van der Waals surface area contributed by atoms with Gasteiger partial charge < -0.3 is 19.9 Å². The van der Waals surface area contributed by atoms with Crippen molar-refractivity contribution < 1.29 is 0 Å². The van der Waals surface area contributed by atoms with Crippen LogP contribution in [-0.2, 0) is 21.7 Å². The zero-order chi connectivity index (χ0) is 30.9. The van der Waals surface area contributed by atoms with Gasteiger partial charge in [0, 0.05) is 56.4 Å². The molecule has 4 aromatic heterocycles. The van der Waals surface area contributed by atoms with Crippen LogP contribution in [-0.4, -0.2) is 36.1 Å². The van der Waals surface area contributed by atoms with Gasteiger partial charge in [0.2, 0.25) is 0 Å². The van der Waals surface area contributed by atoms with Crippen molar-refractivity contribution in [1.29, 1.82) is 0 Å². The van der Waals surface area contributed by atoms with Gasteiger partial charge in [-0.05, 0) is 90.1 Å². The number of aromatic amines is 4. The molecule has 220 valence electrons. The third-order valence-corrected chi connectivity index (χ3v) is 10.7. The minimum Gasteiger partial charge on any atom is -0.360 e. The van der Waals surface area contributed by atoms with E-state index in [9.17, 15) is 0 Å². The molecule has 1 aliphatic heterocycles. The summed E-state index contributed by atoms with van der Waals surface area (Å²) in [5.74, 6) is 7.49. The van der Waals surface area contributed by atoms with Gasteiger partial charge in [0.05, 0.1) is 0 Å². The molecule has 5 rings (SSSR count). The van der Waals surface area contributed by atoms with E-state index in [2.05, 4.69) is 172 Å². The molecule has 0 atom stereocenters. The van der Waals surface area contributed by atoms with Gasteiger partial charge in [-0.15, -0.1) is 11.1 Å². The van der Waals surface area contributed by atoms with Crippen molar-refractivity contribution in [3.8, 4) is 22.9 Å². The first-order valence-electron chi connectivity index (χ1n) is 15.1. The highest BCUT2D eigenvalue weighted by Gasteiger charge is 2.38. The maximum absolute atomic E-state index is 3.84. The molecule has 0 spiro atoms. The highest BCUT2D eigenvalue weighted by Crippen LogP contribution is 2.41. The van der Waals surface area contributed by atoms with Crippen molar-refractivity contribution in [1.82, 2.24) is 19.9 Å². The molecule has 0 unspecified atom stereocenters. The monoisotopic (exact) mass is 592 g/mol. The predicted molar refractivity (Wildman–Crippen MR) is 183 cm³/mol. The first kappa shape index (κ1) is 30.1. The number of rotatable bonds is 0. The third kappa shape index (κ3) is 5.21. The molecule has 0 fully saturated rings. The number of aromatic nitrogens is 4. The van der Waals surface area contributed by atoms with Crippen molar-refractivity contribution in [2.75, 3.05) is 0 Å². The van der Waals surface area contributed by atoms with Crippen LogP contribution in [0, 0.1) is 22.9 Å². The molecule has 0 saturated heterocycles. The lowest BCUT2D eigenvalue weighted by Crippen LogP contribution is -2.28. The van der Waals surface area contributed by atoms with Crippen LogP contribution in [0.2, 0.25) is 39.3 Å². The Balaban J connectivity index is 1.80. The van der Waals surface area contributed by atoms with Crippen LogP contribution in [0.3, 0.4) is 0 Å². The van der Waals surface area contributed by atoms with Crippen LogP contribution in [0.5, 0.6) is 0 Å². The van der Waals surface area contributed by atoms with Gasteiger partial charge >= 0.3 is 0 Å². The van der Waals surface area contributed by atoms with E-state index in [0.717, 1.165) is 45.6 Å². The molecule has 0 aliphatic carbocycles. The second kappa shape index (κ2) is 9.59. The number of H-pyrrole nitrogens is 4. The molecular formula is C36H48N4Si2. The Kier molecular flexibility index (Phi) is 6.89. The second-order valence-electron chi connectivity index (χ2n) is 15.6. The standard InChI is InChI=1S/C36H48N4Si2/c1-33(2)25-13-17-29(37-25)35(5,21-23-41(7,8)9)31-19-15-27(39-31)34(3,4)28-16-20-32(40-28)36(6,22-24-42(10,11)12)30-18-14-26(33)38-30/h13-20,37-40H,1-12H3. The summed E-state index contributed by atoms with van der Waals surface area (Å²) in [5.41, 5.74) is 14.8. The third-order valence-electron chi connectivity index (χ3n) is 8.97. The van der Waals surface area contributed by atoms with E-state index in [1.807, 2.05) is 0 Å². The highest BCUT2D eigenvalue weighted by molar-refractivity contribution is 6.84. The van der Waals surface area contributed by atoms with Gasteiger partial charge in [-0.2, -0.15) is 0 Å². The van der Waals surface area contributed by atoms with Crippen LogP contribution in [0.1, 0.15) is 87.1 Å². The van der Waals surface area contributed by atoms with Crippen LogP contribution < -0.4 is 0 Å². The maximum Gasteiger partial charge on any atom is 0.129 e. The van der Waals surface area contributed by atoms with Crippen LogP contribution in [0.25, 0.3) is 0 Å². The summed E-state index contributed by atoms with van der Waals surface area (Å²) < 4.78 is 0. The molecule has 4 nitrogen and oxygen atoms in total. The van der Waals surface area contributed by atoms with Crippen LogP contribution >= 0.6 is 0 Å². The average molecular weight is 593 g/mol. The number of hydrogen-bond acceptors (Lipinski definition) is 0. The summed E-state index contributed by atoms with van der Waals surface area (Å²) in [6, 6.07) is 17.8. The Morgan fingerprint density at radius 2 is 0.619 bits per heavy atom. The molecular weight excluding hydrogens is 545 g/mol. The minimum atomic E-state index is -1.62. The number of fused-ring (bicyclic) bond motifs is 8.